The molecule has 5 nitrogen and oxygen atoms in total. The number of phenolic OH excluding ortho intramolecular Hbond substituents is 1. The van der Waals surface area contributed by atoms with Crippen LogP contribution < -0.4 is 10.2 Å². The lowest BCUT2D eigenvalue weighted by atomic mass is 10.1. The number of rotatable bonds is 6. The Morgan fingerprint density at radius 2 is 1.87 bits per heavy atom. The molecule has 3 aromatic rings. The molecule has 0 aliphatic heterocycles. The molecule has 31 heavy (non-hydrogen) atoms. The van der Waals surface area contributed by atoms with Crippen LogP contribution in [0.4, 0.5) is 13.2 Å². The Hall–Kier alpha value is -3.52. The maximum absolute atomic E-state index is 12.8. The topological polar surface area (TPSA) is 70.9 Å². The Kier molecular flexibility index (Phi) is 6.81. The second kappa shape index (κ2) is 9.53. The lowest BCUT2D eigenvalue weighted by Crippen LogP contribution is -2.17. The second-order valence-corrected chi connectivity index (χ2v) is 6.83. The van der Waals surface area contributed by atoms with Gasteiger partial charge in [0.25, 0.3) is 5.91 Å². The summed E-state index contributed by atoms with van der Waals surface area (Å²) in [7, 11) is 0. The number of carbonyl (C=O) groups excluding carboxylic acids is 1. The van der Waals surface area contributed by atoms with Gasteiger partial charge in [-0.25, -0.2) is 5.43 Å². The van der Waals surface area contributed by atoms with E-state index >= 15 is 0 Å². The molecule has 0 bridgehead atoms. The average Bonchev–Trinajstić information content (AvgIpc) is 2.74. The van der Waals surface area contributed by atoms with Gasteiger partial charge in [-0.2, -0.15) is 18.3 Å². The maximum Gasteiger partial charge on any atom is 0.416 e. The lowest BCUT2D eigenvalue weighted by molar-refractivity contribution is -0.137. The molecule has 0 fully saturated rings. The standard InChI is InChI=1S/C22H16ClF3N2O3/c23-19-11-16(7-8-20(19)29)21(30)28-27-12-14-3-2-6-18(10-14)31-13-15-4-1-5-17(9-15)22(24,25)26/h1-12,29H,13H2,(H,28,30)/b27-12+. The minimum atomic E-state index is -4.41. The van der Waals surface area contributed by atoms with Crippen molar-refractivity contribution in [3.05, 3.63) is 94.0 Å². The first-order valence-corrected chi connectivity index (χ1v) is 9.31. The van der Waals surface area contributed by atoms with Gasteiger partial charge in [-0.15, -0.1) is 0 Å². The highest BCUT2D eigenvalue weighted by Crippen LogP contribution is 2.29. The highest BCUT2D eigenvalue weighted by atomic mass is 35.5. The molecule has 3 aromatic carbocycles. The summed E-state index contributed by atoms with van der Waals surface area (Å²) in [6, 6.07) is 15.6. The second-order valence-electron chi connectivity index (χ2n) is 6.42. The van der Waals surface area contributed by atoms with E-state index in [2.05, 4.69) is 10.5 Å². The molecule has 9 heteroatoms. The van der Waals surface area contributed by atoms with Gasteiger partial charge >= 0.3 is 6.18 Å². The first-order chi connectivity index (χ1) is 14.7. The van der Waals surface area contributed by atoms with Crippen LogP contribution in [0.2, 0.25) is 5.02 Å². The Morgan fingerprint density at radius 1 is 1.10 bits per heavy atom. The smallest absolute Gasteiger partial charge is 0.416 e. The van der Waals surface area contributed by atoms with E-state index in [1.54, 1.807) is 30.3 Å². The van der Waals surface area contributed by atoms with Crippen molar-refractivity contribution < 1.29 is 27.8 Å². The minimum absolute atomic E-state index is 0.0388. The van der Waals surface area contributed by atoms with Gasteiger partial charge in [-0.05, 0) is 53.6 Å². The fourth-order valence-corrected chi connectivity index (χ4v) is 2.75. The van der Waals surface area contributed by atoms with Crippen LogP contribution in [-0.2, 0) is 12.8 Å². The number of ether oxygens (including phenoxy) is 1. The van der Waals surface area contributed by atoms with Crippen molar-refractivity contribution in [1.82, 2.24) is 5.43 Å². The van der Waals surface area contributed by atoms with Crippen molar-refractivity contribution in [1.29, 1.82) is 0 Å². The van der Waals surface area contributed by atoms with Crippen LogP contribution in [-0.4, -0.2) is 17.2 Å². The van der Waals surface area contributed by atoms with E-state index < -0.39 is 17.6 Å². The van der Waals surface area contributed by atoms with Crippen molar-refractivity contribution in [3.63, 3.8) is 0 Å². The zero-order valence-electron chi connectivity index (χ0n) is 15.9. The summed E-state index contributed by atoms with van der Waals surface area (Å²) in [5.74, 6) is -0.225. The lowest BCUT2D eigenvalue weighted by Gasteiger charge is -2.10. The molecule has 0 spiro atoms. The van der Waals surface area contributed by atoms with Crippen LogP contribution in [0.15, 0.2) is 71.8 Å². The molecule has 0 heterocycles. The fraction of sp³-hybridized carbons (Fsp3) is 0.0909. The van der Waals surface area contributed by atoms with Gasteiger partial charge in [-0.1, -0.05) is 35.9 Å². The number of hydrazone groups is 1. The molecule has 0 radical (unpaired) electrons. The first-order valence-electron chi connectivity index (χ1n) is 8.93. The number of carbonyl (C=O) groups is 1. The SMILES string of the molecule is O=C(N/N=C/c1cccc(OCc2cccc(C(F)(F)F)c2)c1)c1ccc(O)c(Cl)c1. The number of halogens is 4. The van der Waals surface area contributed by atoms with Gasteiger partial charge in [-0.3, -0.25) is 4.79 Å². The number of aromatic hydroxyl groups is 1. The van der Waals surface area contributed by atoms with Crippen LogP contribution in [0.3, 0.4) is 0 Å². The van der Waals surface area contributed by atoms with Crippen LogP contribution in [0.5, 0.6) is 11.5 Å². The van der Waals surface area contributed by atoms with Gasteiger partial charge in [0.1, 0.15) is 18.1 Å². The number of alkyl halides is 3. The van der Waals surface area contributed by atoms with E-state index in [4.69, 9.17) is 16.3 Å². The van der Waals surface area contributed by atoms with Gasteiger partial charge in [0.05, 0.1) is 16.8 Å². The van der Waals surface area contributed by atoms with Gasteiger partial charge in [0.2, 0.25) is 0 Å². The summed E-state index contributed by atoms with van der Waals surface area (Å²) in [4.78, 5) is 12.1. The summed E-state index contributed by atoms with van der Waals surface area (Å²) in [6.07, 6.45) is -3.03. The third-order valence-corrected chi connectivity index (χ3v) is 4.41. The number of benzene rings is 3. The van der Waals surface area contributed by atoms with Gasteiger partial charge < -0.3 is 9.84 Å². The van der Waals surface area contributed by atoms with E-state index in [1.165, 1.54) is 30.5 Å². The number of phenols is 1. The van der Waals surface area contributed by atoms with E-state index in [0.717, 1.165) is 12.1 Å². The average molecular weight is 449 g/mol. The summed E-state index contributed by atoms with van der Waals surface area (Å²) in [5.41, 5.74) is 2.80. The van der Waals surface area contributed by atoms with E-state index in [-0.39, 0.29) is 22.9 Å². The largest absolute Gasteiger partial charge is 0.506 e. The fourth-order valence-electron chi connectivity index (χ4n) is 2.57. The van der Waals surface area contributed by atoms with Crippen molar-refractivity contribution in [2.24, 2.45) is 5.10 Å². The normalized spacial score (nSPS) is 11.5. The molecule has 0 atom stereocenters. The van der Waals surface area contributed by atoms with Gasteiger partial charge in [0, 0.05) is 5.56 Å². The van der Waals surface area contributed by atoms with Gasteiger partial charge in [0.15, 0.2) is 0 Å². The summed E-state index contributed by atoms with van der Waals surface area (Å²) >= 11 is 5.77. The Balaban J connectivity index is 1.60. The Morgan fingerprint density at radius 3 is 2.61 bits per heavy atom. The molecule has 0 aliphatic carbocycles. The molecule has 0 aromatic heterocycles. The predicted octanol–water partition coefficient (Wildman–Crippen LogP) is 5.41. The zero-order chi connectivity index (χ0) is 22.4. The predicted molar refractivity (Wildman–Crippen MR) is 110 cm³/mol. The summed E-state index contributed by atoms with van der Waals surface area (Å²) < 4.78 is 44.0. The quantitative estimate of drug-likeness (QED) is 0.391. The molecule has 3 rings (SSSR count). The Labute approximate surface area is 180 Å². The third kappa shape index (κ3) is 6.23. The molecule has 1 amide bonds. The maximum atomic E-state index is 12.8. The van der Waals surface area contributed by atoms with Crippen molar-refractivity contribution in [2.45, 2.75) is 12.8 Å². The molecular weight excluding hydrogens is 433 g/mol. The summed E-state index contributed by atoms with van der Waals surface area (Å²) in [6.45, 7) is -0.0388. The monoisotopic (exact) mass is 448 g/mol. The molecule has 0 saturated heterocycles. The first kappa shape index (κ1) is 22.2. The Bertz CT molecular complexity index is 1120. The number of nitrogens with one attached hydrogen (secondary N) is 1. The number of amides is 1. The number of hydrogen-bond acceptors (Lipinski definition) is 4. The van der Waals surface area contributed by atoms with E-state index in [0.29, 0.717) is 16.9 Å². The van der Waals surface area contributed by atoms with Crippen molar-refractivity contribution in [2.75, 3.05) is 0 Å². The highest BCUT2D eigenvalue weighted by Gasteiger charge is 2.30. The van der Waals surface area contributed by atoms with E-state index in [9.17, 15) is 23.1 Å². The molecule has 0 saturated carbocycles. The zero-order valence-corrected chi connectivity index (χ0v) is 16.6. The summed E-state index contributed by atoms with van der Waals surface area (Å²) in [5, 5.41) is 13.3. The molecule has 2 N–H and O–H groups in total. The minimum Gasteiger partial charge on any atom is -0.506 e. The van der Waals surface area contributed by atoms with Crippen LogP contribution in [0.25, 0.3) is 0 Å². The number of nitrogens with zero attached hydrogens (tertiary/aromatic N) is 1. The highest BCUT2D eigenvalue weighted by molar-refractivity contribution is 6.32. The molecule has 0 unspecified atom stereocenters. The third-order valence-electron chi connectivity index (χ3n) is 4.11. The molecule has 0 aliphatic rings. The van der Waals surface area contributed by atoms with E-state index in [1.807, 2.05) is 0 Å². The molecular formula is C22H16ClF3N2O3. The van der Waals surface area contributed by atoms with Crippen LogP contribution in [0, 0.1) is 0 Å². The van der Waals surface area contributed by atoms with Crippen LogP contribution in [0.1, 0.15) is 27.0 Å². The number of hydrogen-bond donors (Lipinski definition) is 2. The van der Waals surface area contributed by atoms with Crippen molar-refractivity contribution in [3.8, 4) is 11.5 Å². The molecule has 160 valence electrons. The van der Waals surface area contributed by atoms with Crippen LogP contribution >= 0.6 is 11.6 Å². The van der Waals surface area contributed by atoms with Crippen molar-refractivity contribution >= 4 is 23.7 Å².